The Morgan fingerprint density at radius 3 is 2.32 bits per heavy atom. The number of amides is 2. The van der Waals surface area contributed by atoms with Gasteiger partial charge in [-0.3, -0.25) is 4.90 Å². The molecule has 5 aromatic rings. The maximum absolute atomic E-state index is 15.3. The minimum Gasteiger partial charge on any atom is -0.459 e. The van der Waals surface area contributed by atoms with E-state index in [0.717, 1.165) is 64.3 Å². The zero-order valence-corrected chi connectivity index (χ0v) is 40.7. The van der Waals surface area contributed by atoms with Gasteiger partial charge in [0.2, 0.25) is 5.79 Å². The van der Waals surface area contributed by atoms with Crippen LogP contribution in [0.1, 0.15) is 80.0 Å². The number of ether oxygens (including phenoxy) is 5. The van der Waals surface area contributed by atoms with Gasteiger partial charge in [-0.15, -0.1) is 6.58 Å². The van der Waals surface area contributed by atoms with Crippen LogP contribution in [0.2, 0.25) is 0 Å². The highest BCUT2D eigenvalue weighted by molar-refractivity contribution is 6.03. The van der Waals surface area contributed by atoms with Crippen molar-refractivity contribution in [3.8, 4) is 11.5 Å². The fourth-order valence-corrected chi connectivity index (χ4v) is 10.7. The minimum absolute atomic E-state index is 0.00368. The molecular weight excluding hydrogens is 899 g/mol. The molecule has 2 aliphatic carbocycles. The van der Waals surface area contributed by atoms with Crippen LogP contribution < -0.4 is 14.8 Å². The second-order valence-corrected chi connectivity index (χ2v) is 18.4. The summed E-state index contributed by atoms with van der Waals surface area (Å²) < 4.78 is 32.8. The number of aliphatic hydroxyl groups excluding tert-OH is 2. The van der Waals surface area contributed by atoms with Gasteiger partial charge in [0, 0.05) is 37.7 Å². The molecule has 3 aliphatic rings. The van der Waals surface area contributed by atoms with Gasteiger partial charge in [-0.05, 0) is 95.7 Å². The van der Waals surface area contributed by atoms with Crippen molar-refractivity contribution in [1.29, 1.82) is 0 Å². The summed E-state index contributed by atoms with van der Waals surface area (Å²) in [5.41, 5.74) is 5.20. The third-order valence-electron chi connectivity index (χ3n) is 13.8. The number of oxime groups is 1. The second kappa shape index (κ2) is 25.0. The Bertz CT molecular complexity index is 2600. The molecule has 71 heavy (non-hydrogen) atoms. The molecule has 2 amide bonds. The van der Waals surface area contributed by atoms with Crippen molar-refractivity contribution in [3.05, 3.63) is 168 Å². The first-order valence-electron chi connectivity index (χ1n) is 25.1. The first-order chi connectivity index (χ1) is 34.9. The highest BCUT2D eigenvalue weighted by Crippen LogP contribution is 2.62. The zero-order chi connectivity index (χ0) is 49.4. The lowest BCUT2D eigenvalue weighted by molar-refractivity contribution is -0.256. The van der Waals surface area contributed by atoms with E-state index in [1.807, 2.05) is 104 Å². The number of carbonyl (C=O) groups is 2. The maximum Gasteiger partial charge on any atom is 0.412 e. The number of unbranched alkanes of at least 4 members (excludes halogenated alkanes) is 2. The van der Waals surface area contributed by atoms with E-state index in [2.05, 4.69) is 36.2 Å². The third-order valence-corrected chi connectivity index (χ3v) is 13.8. The van der Waals surface area contributed by atoms with Crippen LogP contribution in [-0.4, -0.2) is 84.4 Å². The Kier molecular flexibility index (Phi) is 17.9. The average molecular weight is 966 g/mol. The summed E-state index contributed by atoms with van der Waals surface area (Å²) in [7, 11) is 0. The summed E-state index contributed by atoms with van der Waals surface area (Å²) >= 11 is 0. The van der Waals surface area contributed by atoms with E-state index in [-0.39, 0.29) is 70.4 Å². The summed E-state index contributed by atoms with van der Waals surface area (Å²) in [6, 6.07) is 38.4. The van der Waals surface area contributed by atoms with Crippen LogP contribution >= 0.6 is 0 Å². The van der Waals surface area contributed by atoms with Gasteiger partial charge in [0.05, 0.1) is 38.0 Å². The zero-order valence-electron chi connectivity index (χ0n) is 40.7. The van der Waals surface area contributed by atoms with Crippen LogP contribution in [0.15, 0.2) is 151 Å². The van der Waals surface area contributed by atoms with E-state index in [4.69, 9.17) is 33.7 Å². The minimum atomic E-state index is -1.56. The van der Waals surface area contributed by atoms with Crippen LogP contribution in [0.25, 0.3) is 10.8 Å². The predicted molar refractivity (Wildman–Crippen MR) is 273 cm³/mol. The number of nitrogens with zero attached hydrogens (tertiary/aromatic N) is 2. The smallest absolute Gasteiger partial charge is 0.412 e. The quantitative estimate of drug-likeness (QED) is 0.0309. The molecule has 1 heterocycles. The summed E-state index contributed by atoms with van der Waals surface area (Å²) in [5, 5.41) is 29.8. The highest BCUT2D eigenvalue weighted by atomic mass is 16.7. The number of rotatable bonds is 24. The molecule has 1 fully saturated rings. The molecular formula is C58H67N3O10. The van der Waals surface area contributed by atoms with Gasteiger partial charge < -0.3 is 44.1 Å². The Labute approximate surface area is 417 Å². The maximum atomic E-state index is 15.3. The number of nitrogens with one attached hydrogen (secondary N) is 1. The largest absolute Gasteiger partial charge is 0.459 e. The van der Waals surface area contributed by atoms with Gasteiger partial charge in [0.1, 0.15) is 30.8 Å². The van der Waals surface area contributed by atoms with E-state index in [1.54, 1.807) is 17.0 Å². The van der Waals surface area contributed by atoms with E-state index < -0.39 is 29.9 Å². The van der Waals surface area contributed by atoms with Gasteiger partial charge >= 0.3 is 12.2 Å². The average Bonchev–Trinajstić information content (AvgIpc) is 3.39. The molecule has 8 rings (SSSR count). The SMILES string of the molecule is C=CCO[C@@]12Oc3ccc(OC(=O)NCC)cc3[C@H]3[C@H](CCCCO)[C@@H](CCCCO)C=C(C(=NOCc4ccccc4)C[C@@H]1N(Cc1cccc4ccccc14)C(=O)OCCOCc1ccccc1)[C@H]32. The van der Waals surface area contributed by atoms with Crippen LogP contribution in [0.5, 0.6) is 11.5 Å². The first kappa shape index (κ1) is 50.9. The molecule has 0 saturated heterocycles. The van der Waals surface area contributed by atoms with Gasteiger partial charge in [0.15, 0.2) is 0 Å². The number of aliphatic hydroxyl groups is 2. The lowest BCUT2D eigenvalue weighted by Crippen LogP contribution is -2.70. The van der Waals surface area contributed by atoms with Gasteiger partial charge in [-0.1, -0.05) is 133 Å². The molecule has 6 atom stereocenters. The van der Waals surface area contributed by atoms with Gasteiger partial charge in [-0.25, -0.2) is 9.59 Å². The molecule has 3 N–H and O–H groups in total. The molecule has 5 aromatic carbocycles. The first-order valence-corrected chi connectivity index (χ1v) is 25.1. The van der Waals surface area contributed by atoms with Crippen molar-refractivity contribution in [2.24, 2.45) is 22.9 Å². The van der Waals surface area contributed by atoms with Crippen LogP contribution in [0.4, 0.5) is 9.59 Å². The van der Waals surface area contributed by atoms with Gasteiger partial charge in [0.25, 0.3) is 0 Å². The molecule has 0 radical (unpaired) electrons. The van der Waals surface area contributed by atoms with Crippen LogP contribution in [0.3, 0.4) is 0 Å². The Balaban J connectivity index is 1.30. The molecule has 1 aliphatic heterocycles. The van der Waals surface area contributed by atoms with Crippen molar-refractivity contribution in [1.82, 2.24) is 10.2 Å². The second-order valence-electron chi connectivity index (χ2n) is 18.4. The fraction of sp³-hybridized carbons (Fsp3) is 0.397. The highest BCUT2D eigenvalue weighted by Gasteiger charge is 2.65. The normalized spacial score (nSPS) is 21.5. The Morgan fingerprint density at radius 1 is 0.859 bits per heavy atom. The van der Waals surface area contributed by atoms with E-state index >= 15 is 4.79 Å². The number of allylic oxidation sites excluding steroid dienone is 1. The summed E-state index contributed by atoms with van der Waals surface area (Å²) in [6.45, 7) is 7.37. The van der Waals surface area contributed by atoms with Crippen molar-refractivity contribution < 1.29 is 48.3 Å². The molecule has 13 heteroatoms. The number of hydrogen-bond donors (Lipinski definition) is 3. The summed E-state index contributed by atoms with van der Waals surface area (Å²) in [6.07, 6.45) is 7.27. The molecule has 0 aromatic heterocycles. The van der Waals surface area contributed by atoms with Crippen molar-refractivity contribution in [2.75, 3.05) is 39.6 Å². The van der Waals surface area contributed by atoms with E-state index in [9.17, 15) is 15.0 Å². The van der Waals surface area contributed by atoms with Crippen molar-refractivity contribution >= 4 is 28.7 Å². The lowest BCUT2D eigenvalue weighted by atomic mass is 9.55. The fourth-order valence-electron chi connectivity index (χ4n) is 10.7. The molecule has 0 bridgehead atoms. The Hall–Kier alpha value is -6.51. The lowest BCUT2D eigenvalue weighted by Gasteiger charge is -2.59. The third kappa shape index (κ3) is 12.2. The topological polar surface area (TPSA) is 158 Å². The molecule has 0 spiro atoms. The summed E-state index contributed by atoms with van der Waals surface area (Å²) in [4.78, 5) is 36.2. The number of fused-ring (bicyclic) bond motifs is 3. The van der Waals surface area contributed by atoms with Crippen molar-refractivity contribution in [3.63, 3.8) is 0 Å². The molecule has 1 saturated carbocycles. The van der Waals surface area contributed by atoms with Crippen LogP contribution in [-0.2, 0) is 38.8 Å². The Morgan fingerprint density at radius 2 is 1.58 bits per heavy atom. The number of carbonyl (C=O) groups excluding carboxylic acids is 2. The summed E-state index contributed by atoms with van der Waals surface area (Å²) in [5.74, 6) is -1.68. The molecule has 0 unspecified atom stereocenters. The number of hydrogen-bond acceptors (Lipinski definition) is 11. The molecule has 13 nitrogen and oxygen atoms in total. The monoisotopic (exact) mass is 965 g/mol. The van der Waals surface area contributed by atoms with Crippen molar-refractivity contribution in [2.45, 2.75) is 89.4 Å². The predicted octanol–water partition coefficient (Wildman–Crippen LogP) is 10.6. The number of benzene rings is 5. The van der Waals surface area contributed by atoms with Gasteiger partial charge in [-0.2, -0.15) is 0 Å². The van der Waals surface area contributed by atoms with E-state index in [1.165, 1.54) is 0 Å². The standard InChI is InChI=1S/C58H67N3O10/c1-3-32-68-58-53(61(38-45-25-17-24-43-22-11-12-26-47(43)45)57(65)67-34-33-66-39-41-18-7-5-8-19-41)37-51(60-69-40-42-20-9-6-10-21-42)49-35-44(23-13-15-30-62)48(27-14-16-31-63)54(55(49)58)50-36-46(28-29-52(50)71-58)70-56(64)59-4-2/h3,5-12,17-22,24-26,28-29,35-36,44,48,53-55,62-63H,1,4,13-16,23,27,30-34,37-40H2,2H3,(H,59,64)/t44-,48+,53-,54+,55+,58+/m0/s1. The molecule has 374 valence electrons. The van der Waals surface area contributed by atoms with E-state index in [0.29, 0.717) is 43.2 Å². The van der Waals surface area contributed by atoms with Crippen LogP contribution in [0, 0.1) is 17.8 Å².